The molecule has 0 heterocycles. The van der Waals surface area contributed by atoms with Gasteiger partial charge in [0.05, 0.1) is 0 Å². The predicted octanol–water partition coefficient (Wildman–Crippen LogP) is 13.9. The van der Waals surface area contributed by atoms with E-state index in [0.717, 1.165) is 0 Å². The van der Waals surface area contributed by atoms with Crippen LogP contribution < -0.4 is 0 Å². The van der Waals surface area contributed by atoms with E-state index in [9.17, 15) is 0 Å². The van der Waals surface area contributed by atoms with Crippen LogP contribution in [-0.4, -0.2) is 0 Å². The van der Waals surface area contributed by atoms with Gasteiger partial charge in [-0.3, -0.25) is 0 Å². The maximum Gasteiger partial charge on any atom is -0.000696 e. The van der Waals surface area contributed by atoms with Crippen LogP contribution in [0.2, 0.25) is 0 Å². The molecular formula is C49H28. The Balaban J connectivity index is 1.29. The zero-order chi connectivity index (χ0) is 32.0. The minimum atomic E-state index is 1.27. The van der Waals surface area contributed by atoms with Crippen LogP contribution >= 0.6 is 0 Å². The molecule has 0 saturated carbocycles. The summed E-state index contributed by atoms with van der Waals surface area (Å²) in [5.41, 5.74) is 12.0. The minimum Gasteiger partial charge on any atom is -0.0622 e. The highest BCUT2D eigenvalue weighted by molar-refractivity contribution is 6.48. The summed E-state index contributed by atoms with van der Waals surface area (Å²) in [6.45, 7) is 2.30. The summed E-state index contributed by atoms with van der Waals surface area (Å²) in [6, 6.07) is 57.1. The first kappa shape index (κ1) is 25.8. The van der Waals surface area contributed by atoms with Crippen molar-refractivity contribution in [3.63, 3.8) is 0 Å². The molecule has 49 heavy (non-hydrogen) atoms. The van der Waals surface area contributed by atoms with Gasteiger partial charge in [0.15, 0.2) is 0 Å². The molecule has 0 nitrogen and oxygen atoms in total. The second-order valence-corrected chi connectivity index (χ2v) is 13.9. The summed E-state index contributed by atoms with van der Waals surface area (Å²) in [5.74, 6) is 0. The van der Waals surface area contributed by atoms with Crippen molar-refractivity contribution in [2.24, 2.45) is 0 Å². The van der Waals surface area contributed by atoms with Crippen LogP contribution in [0.1, 0.15) is 5.56 Å². The third kappa shape index (κ3) is 3.07. The van der Waals surface area contributed by atoms with Gasteiger partial charge in [-0.2, -0.15) is 0 Å². The first-order valence-electron chi connectivity index (χ1n) is 17.3. The van der Waals surface area contributed by atoms with Gasteiger partial charge in [0, 0.05) is 0 Å². The maximum absolute atomic E-state index is 2.44. The van der Waals surface area contributed by atoms with Crippen LogP contribution in [0, 0.1) is 6.92 Å². The van der Waals surface area contributed by atoms with Crippen molar-refractivity contribution in [3.05, 3.63) is 157 Å². The van der Waals surface area contributed by atoms with Crippen LogP contribution in [0.25, 0.3) is 120 Å². The third-order valence-electron chi connectivity index (χ3n) is 11.6. The van der Waals surface area contributed by atoms with E-state index in [-0.39, 0.29) is 0 Å². The number of hydrogen-bond donors (Lipinski definition) is 0. The monoisotopic (exact) mass is 616 g/mol. The smallest absolute Gasteiger partial charge is 0.000696 e. The molecule has 11 aromatic carbocycles. The van der Waals surface area contributed by atoms with Crippen molar-refractivity contribution in [1.29, 1.82) is 0 Å². The van der Waals surface area contributed by atoms with Gasteiger partial charge in [-0.1, -0.05) is 152 Å². The zero-order valence-electron chi connectivity index (χ0n) is 26.9. The Morgan fingerprint density at radius 2 is 0.816 bits per heavy atom. The van der Waals surface area contributed by atoms with Gasteiger partial charge in [-0.15, -0.1) is 0 Å². The van der Waals surface area contributed by atoms with Crippen molar-refractivity contribution in [2.45, 2.75) is 6.92 Å². The van der Waals surface area contributed by atoms with Crippen molar-refractivity contribution in [1.82, 2.24) is 0 Å². The molecule has 0 saturated heterocycles. The largest absolute Gasteiger partial charge is 0.0622 e. The molecular weight excluding hydrogens is 589 g/mol. The number of hydrogen-bond acceptors (Lipinski definition) is 0. The fourth-order valence-electron chi connectivity index (χ4n) is 9.83. The first-order chi connectivity index (χ1) is 24.3. The standard InChI is InChI=1S/C49H28/c1-27-26-41-30-15-6-5-14-29(30)32-18-9-21-37(45(32)41)42(27)36-24-25-40-44-35(36)20-11-23-39(44)48-43(28-12-3-2-4-13-28)38-22-10-19-33-31-16-7-8-17-34(31)47(46(33)38)49(40)48/h2-26H,1H3. The summed E-state index contributed by atoms with van der Waals surface area (Å²) >= 11 is 0. The molecule has 0 atom stereocenters. The van der Waals surface area contributed by atoms with Gasteiger partial charge >= 0.3 is 0 Å². The first-order valence-corrected chi connectivity index (χ1v) is 17.3. The highest BCUT2D eigenvalue weighted by atomic mass is 14.3. The van der Waals surface area contributed by atoms with Crippen LogP contribution in [0.15, 0.2) is 152 Å². The molecule has 0 bridgehead atoms. The molecule has 224 valence electrons. The molecule has 0 spiro atoms. The van der Waals surface area contributed by atoms with Crippen molar-refractivity contribution < 1.29 is 0 Å². The third-order valence-corrected chi connectivity index (χ3v) is 11.6. The van der Waals surface area contributed by atoms with Gasteiger partial charge in [0.25, 0.3) is 0 Å². The zero-order valence-corrected chi connectivity index (χ0v) is 26.9. The van der Waals surface area contributed by atoms with Gasteiger partial charge in [0.2, 0.25) is 0 Å². The number of aryl methyl sites for hydroxylation is 1. The van der Waals surface area contributed by atoms with Gasteiger partial charge in [-0.05, 0) is 132 Å². The second-order valence-electron chi connectivity index (χ2n) is 13.9. The van der Waals surface area contributed by atoms with E-state index in [0.29, 0.717) is 0 Å². The predicted molar refractivity (Wildman–Crippen MR) is 211 cm³/mol. The second kappa shape index (κ2) is 9.01. The van der Waals surface area contributed by atoms with E-state index < -0.39 is 0 Å². The molecule has 12 rings (SSSR count). The Labute approximate surface area is 283 Å². The molecule has 0 aromatic heterocycles. The highest BCUT2D eigenvalue weighted by Gasteiger charge is 2.27. The SMILES string of the molecule is Cc1cc2c3c(cccc3c1-c1ccc3c4c1cccc4c1c(-c4ccccc4)c4cccc5c6ccccc6c(c45)c31)-c1ccccc1-2. The maximum atomic E-state index is 2.44. The van der Waals surface area contributed by atoms with E-state index in [4.69, 9.17) is 0 Å². The summed E-state index contributed by atoms with van der Waals surface area (Å²) in [4.78, 5) is 0. The Bertz CT molecular complexity index is 3200. The molecule has 0 aliphatic heterocycles. The van der Waals surface area contributed by atoms with E-state index in [2.05, 4.69) is 159 Å². The van der Waals surface area contributed by atoms with Gasteiger partial charge < -0.3 is 0 Å². The number of rotatable bonds is 2. The van der Waals surface area contributed by atoms with Gasteiger partial charge in [0.1, 0.15) is 0 Å². The molecule has 1 aliphatic carbocycles. The summed E-state index contributed by atoms with van der Waals surface area (Å²) in [7, 11) is 0. The van der Waals surface area contributed by atoms with Crippen molar-refractivity contribution >= 4 is 75.4 Å². The quantitative estimate of drug-likeness (QED) is 0.181. The van der Waals surface area contributed by atoms with Crippen LogP contribution in [0.5, 0.6) is 0 Å². The fraction of sp³-hybridized carbons (Fsp3) is 0.0204. The van der Waals surface area contributed by atoms with E-state index in [1.807, 2.05) is 0 Å². The molecule has 0 fully saturated rings. The molecule has 0 heteroatoms. The van der Waals surface area contributed by atoms with Gasteiger partial charge in [-0.25, -0.2) is 0 Å². The lowest BCUT2D eigenvalue weighted by Gasteiger charge is -2.16. The van der Waals surface area contributed by atoms with E-state index in [1.54, 1.807) is 0 Å². The van der Waals surface area contributed by atoms with E-state index in [1.165, 1.54) is 125 Å². The Morgan fingerprint density at radius 1 is 0.265 bits per heavy atom. The summed E-state index contributed by atoms with van der Waals surface area (Å²) in [6.07, 6.45) is 0. The lowest BCUT2D eigenvalue weighted by atomic mass is 9.87. The summed E-state index contributed by atoms with van der Waals surface area (Å²) < 4.78 is 0. The lowest BCUT2D eigenvalue weighted by molar-refractivity contribution is 1.50. The topological polar surface area (TPSA) is 0 Å². The van der Waals surface area contributed by atoms with Crippen LogP contribution in [0.3, 0.4) is 0 Å². The Hall–Kier alpha value is -6.24. The molecule has 0 unspecified atom stereocenters. The van der Waals surface area contributed by atoms with Crippen LogP contribution in [0.4, 0.5) is 0 Å². The average molecular weight is 617 g/mol. The Kier molecular flexibility index (Phi) is 4.74. The van der Waals surface area contributed by atoms with Crippen molar-refractivity contribution in [2.75, 3.05) is 0 Å². The number of fused-ring (bicyclic) bond motifs is 10. The molecule has 0 N–H and O–H groups in total. The Morgan fingerprint density at radius 3 is 1.65 bits per heavy atom. The molecule has 1 aliphatic rings. The lowest BCUT2D eigenvalue weighted by Crippen LogP contribution is -1.90. The fourth-order valence-corrected chi connectivity index (χ4v) is 9.83. The number of benzene rings is 9. The van der Waals surface area contributed by atoms with Crippen LogP contribution in [-0.2, 0) is 0 Å². The van der Waals surface area contributed by atoms with E-state index >= 15 is 0 Å². The molecule has 0 radical (unpaired) electrons. The minimum absolute atomic E-state index is 1.27. The normalized spacial score (nSPS) is 12.6. The highest BCUT2D eigenvalue weighted by Crippen LogP contribution is 2.55. The molecule has 11 aromatic rings. The average Bonchev–Trinajstić information content (AvgIpc) is 3.78. The molecule has 0 amide bonds. The summed E-state index contributed by atoms with van der Waals surface area (Å²) in [5, 5.41) is 19.0. The van der Waals surface area contributed by atoms with Crippen molar-refractivity contribution in [3.8, 4) is 44.5 Å².